The van der Waals surface area contributed by atoms with Crippen molar-refractivity contribution in [3.05, 3.63) is 28.2 Å². The molecule has 0 saturated carbocycles. The number of hydrogen-bond donors (Lipinski definition) is 1. The SMILES string of the molecule is Cc1cc(-c2nc(NS(=O)(=O)C(C)C)nc(OC3CCOCC3)n2)cn(C)c1=O. The maximum atomic E-state index is 12.3. The maximum absolute atomic E-state index is 12.3. The number of nitrogens with zero attached hydrogens (tertiary/aromatic N) is 4. The average Bonchev–Trinajstić information content (AvgIpc) is 2.66. The molecule has 1 fully saturated rings. The number of nitrogens with one attached hydrogen (secondary N) is 1. The van der Waals surface area contributed by atoms with Gasteiger partial charge >= 0.3 is 6.01 Å². The summed E-state index contributed by atoms with van der Waals surface area (Å²) in [5, 5.41) is -0.664. The number of hydrogen-bond acceptors (Lipinski definition) is 8. The number of aryl methyl sites for hydroxylation is 2. The van der Waals surface area contributed by atoms with E-state index in [9.17, 15) is 13.2 Å². The minimum atomic E-state index is -3.66. The van der Waals surface area contributed by atoms with E-state index in [0.29, 0.717) is 37.2 Å². The molecule has 0 radical (unpaired) electrons. The molecule has 0 atom stereocenters. The van der Waals surface area contributed by atoms with Gasteiger partial charge in [0.25, 0.3) is 5.56 Å². The molecule has 1 aliphatic rings. The Balaban J connectivity index is 2.03. The average molecular weight is 423 g/mol. The summed E-state index contributed by atoms with van der Waals surface area (Å²) in [6, 6.07) is 1.67. The lowest BCUT2D eigenvalue weighted by Crippen LogP contribution is -2.27. The Morgan fingerprint density at radius 1 is 1.24 bits per heavy atom. The number of anilines is 1. The van der Waals surface area contributed by atoms with Gasteiger partial charge in [-0.15, -0.1) is 0 Å². The molecule has 0 aromatic carbocycles. The minimum absolute atomic E-state index is 0.0230. The monoisotopic (exact) mass is 423 g/mol. The lowest BCUT2D eigenvalue weighted by atomic mass is 10.2. The van der Waals surface area contributed by atoms with Gasteiger partial charge in [-0.1, -0.05) is 0 Å². The molecular weight excluding hydrogens is 398 g/mol. The van der Waals surface area contributed by atoms with Crippen molar-refractivity contribution in [1.82, 2.24) is 19.5 Å². The third kappa shape index (κ3) is 5.10. The summed E-state index contributed by atoms with van der Waals surface area (Å²) in [6.45, 7) is 5.96. The molecule has 0 amide bonds. The molecule has 0 spiro atoms. The van der Waals surface area contributed by atoms with Crippen LogP contribution in [0.1, 0.15) is 32.3 Å². The van der Waals surface area contributed by atoms with Crippen molar-refractivity contribution in [2.45, 2.75) is 45.0 Å². The second-order valence-electron chi connectivity index (χ2n) is 7.22. The van der Waals surface area contributed by atoms with Crippen LogP contribution in [-0.2, 0) is 21.8 Å². The van der Waals surface area contributed by atoms with Crippen LogP contribution in [0.2, 0.25) is 0 Å². The normalized spacial score (nSPS) is 15.5. The van der Waals surface area contributed by atoms with Crippen LogP contribution in [0.15, 0.2) is 17.1 Å². The quantitative estimate of drug-likeness (QED) is 0.736. The summed E-state index contributed by atoms with van der Waals surface area (Å²) in [4.78, 5) is 24.7. The molecule has 10 nitrogen and oxygen atoms in total. The first-order chi connectivity index (χ1) is 13.7. The lowest BCUT2D eigenvalue weighted by molar-refractivity contribution is 0.0217. The summed E-state index contributed by atoms with van der Waals surface area (Å²) in [5.74, 6) is 0.0829. The highest BCUT2D eigenvalue weighted by Gasteiger charge is 2.22. The van der Waals surface area contributed by atoms with E-state index >= 15 is 0 Å². The Labute approximate surface area is 169 Å². The molecule has 1 N–H and O–H groups in total. The van der Waals surface area contributed by atoms with Crippen LogP contribution < -0.4 is 15.0 Å². The zero-order valence-electron chi connectivity index (χ0n) is 16.9. The molecule has 2 aromatic rings. The lowest BCUT2D eigenvalue weighted by Gasteiger charge is -2.22. The van der Waals surface area contributed by atoms with Crippen molar-refractivity contribution >= 4 is 16.0 Å². The Morgan fingerprint density at radius 3 is 2.55 bits per heavy atom. The van der Waals surface area contributed by atoms with Gasteiger partial charge in [-0.05, 0) is 26.8 Å². The molecule has 0 bridgehead atoms. The number of sulfonamides is 1. The standard InChI is InChI=1S/C18H25N5O5S/c1-11(2)29(25,26)22-17-19-15(13-9-12(3)16(24)23(4)10-13)20-18(21-17)28-14-5-7-27-8-6-14/h9-11,14H,5-8H2,1-4H3,(H,19,20,21,22). The summed E-state index contributed by atoms with van der Waals surface area (Å²) >= 11 is 0. The van der Waals surface area contributed by atoms with Gasteiger partial charge in [-0.2, -0.15) is 15.0 Å². The third-order valence-corrected chi connectivity index (χ3v) is 6.24. The van der Waals surface area contributed by atoms with E-state index in [1.807, 2.05) is 0 Å². The van der Waals surface area contributed by atoms with Crippen molar-refractivity contribution in [3.63, 3.8) is 0 Å². The molecule has 29 heavy (non-hydrogen) atoms. The van der Waals surface area contributed by atoms with Gasteiger partial charge in [-0.25, -0.2) is 8.42 Å². The molecule has 11 heteroatoms. The van der Waals surface area contributed by atoms with E-state index in [-0.39, 0.29) is 29.4 Å². The highest BCUT2D eigenvalue weighted by Crippen LogP contribution is 2.22. The molecular formula is C18H25N5O5S. The molecule has 0 aliphatic carbocycles. The predicted molar refractivity (Wildman–Crippen MR) is 107 cm³/mol. The smallest absolute Gasteiger partial charge is 0.322 e. The van der Waals surface area contributed by atoms with Crippen molar-refractivity contribution < 1.29 is 17.9 Å². The van der Waals surface area contributed by atoms with Crippen LogP contribution >= 0.6 is 0 Å². The van der Waals surface area contributed by atoms with Gasteiger partial charge in [0.1, 0.15) is 6.10 Å². The molecule has 0 unspecified atom stereocenters. The minimum Gasteiger partial charge on any atom is -0.460 e. The largest absolute Gasteiger partial charge is 0.460 e. The molecule has 1 saturated heterocycles. The number of aromatic nitrogens is 4. The maximum Gasteiger partial charge on any atom is 0.322 e. The summed E-state index contributed by atoms with van der Waals surface area (Å²) < 4.78 is 39.6. The second kappa shape index (κ2) is 8.46. The van der Waals surface area contributed by atoms with E-state index in [1.54, 1.807) is 40.1 Å². The van der Waals surface area contributed by atoms with Gasteiger partial charge in [0.15, 0.2) is 5.82 Å². The summed E-state index contributed by atoms with van der Waals surface area (Å²) in [5.41, 5.74) is 0.928. The third-order valence-electron chi connectivity index (χ3n) is 4.53. The zero-order valence-corrected chi connectivity index (χ0v) is 17.7. The van der Waals surface area contributed by atoms with Crippen LogP contribution in [0, 0.1) is 6.92 Å². The van der Waals surface area contributed by atoms with Crippen LogP contribution in [0.4, 0.5) is 5.95 Å². The van der Waals surface area contributed by atoms with E-state index in [4.69, 9.17) is 9.47 Å². The molecule has 158 valence electrons. The van der Waals surface area contributed by atoms with Crippen molar-refractivity contribution in [1.29, 1.82) is 0 Å². The van der Waals surface area contributed by atoms with Crippen molar-refractivity contribution in [2.24, 2.45) is 7.05 Å². The highest BCUT2D eigenvalue weighted by molar-refractivity contribution is 7.93. The van der Waals surface area contributed by atoms with E-state index < -0.39 is 15.3 Å². The molecule has 3 heterocycles. The fraction of sp³-hybridized carbons (Fsp3) is 0.556. The molecule has 2 aromatic heterocycles. The number of pyridine rings is 1. The zero-order chi connectivity index (χ0) is 21.2. The first-order valence-electron chi connectivity index (χ1n) is 9.35. The van der Waals surface area contributed by atoms with Crippen LogP contribution in [0.3, 0.4) is 0 Å². The number of ether oxygens (including phenoxy) is 2. The first-order valence-corrected chi connectivity index (χ1v) is 10.9. The fourth-order valence-corrected chi connectivity index (χ4v) is 3.35. The fourth-order valence-electron chi connectivity index (χ4n) is 2.77. The van der Waals surface area contributed by atoms with Crippen LogP contribution in [0.5, 0.6) is 6.01 Å². The Hall–Kier alpha value is -2.53. The Morgan fingerprint density at radius 2 is 1.93 bits per heavy atom. The van der Waals surface area contributed by atoms with Gasteiger partial charge in [-0.3, -0.25) is 9.52 Å². The summed E-state index contributed by atoms with van der Waals surface area (Å²) in [6.07, 6.45) is 2.83. The molecule has 1 aliphatic heterocycles. The first kappa shape index (κ1) is 21.2. The van der Waals surface area contributed by atoms with Crippen molar-refractivity contribution in [2.75, 3.05) is 17.9 Å². The Bertz CT molecular complexity index is 1020. The van der Waals surface area contributed by atoms with Gasteiger partial charge in [0, 0.05) is 37.2 Å². The number of rotatable bonds is 6. The Kier molecular flexibility index (Phi) is 6.18. The van der Waals surface area contributed by atoms with E-state index in [1.165, 1.54) is 4.57 Å². The van der Waals surface area contributed by atoms with Gasteiger partial charge in [0.05, 0.1) is 18.5 Å². The van der Waals surface area contributed by atoms with Gasteiger partial charge in [0.2, 0.25) is 16.0 Å². The highest BCUT2D eigenvalue weighted by atomic mass is 32.2. The van der Waals surface area contributed by atoms with Crippen LogP contribution in [-0.4, -0.2) is 52.5 Å². The summed E-state index contributed by atoms with van der Waals surface area (Å²) in [7, 11) is -2.03. The second-order valence-corrected chi connectivity index (χ2v) is 9.46. The predicted octanol–water partition coefficient (Wildman–Crippen LogP) is 1.25. The molecule has 3 rings (SSSR count). The van der Waals surface area contributed by atoms with Crippen LogP contribution in [0.25, 0.3) is 11.4 Å². The topological polar surface area (TPSA) is 125 Å². The van der Waals surface area contributed by atoms with Crippen molar-refractivity contribution in [3.8, 4) is 17.4 Å². The van der Waals surface area contributed by atoms with E-state index in [0.717, 1.165) is 0 Å². The van der Waals surface area contributed by atoms with Gasteiger partial charge < -0.3 is 14.0 Å². The van der Waals surface area contributed by atoms with E-state index in [2.05, 4.69) is 19.7 Å².